The van der Waals surface area contributed by atoms with Crippen molar-refractivity contribution in [3.05, 3.63) is 12.2 Å². The molecule has 1 nitrogen and oxygen atoms in total. The zero-order chi connectivity index (χ0) is 8.15. The second-order valence-corrected chi connectivity index (χ2v) is 3.25. The Kier molecular flexibility index (Phi) is 4.37. The highest BCUT2D eigenvalue weighted by atomic mass is 14.6. The molecule has 0 aliphatic heterocycles. The number of nitrogens with two attached hydrogens (primary N) is 1. The summed E-state index contributed by atoms with van der Waals surface area (Å²) < 4.78 is 0. The third-order valence-electron chi connectivity index (χ3n) is 1.70. The van der Waals surface area contributed by atoms with Crippen molar-refractivity contribution < 1.29 is 0 Å². The summed E-state index contributed by atoms with van der Waals surface area (Å²) in [6.45, 7) is 10.4. The number of hydrogen-bond acceptors (Lipinski definition) is 1. The summed E-state index contributed by atoms with van der Waals surface area (Å²) in [5.41, 5.74) is 7.00. The highest BCUT2D eigenvalue weighted by molar-refractivity contribution is 5.02. The fraction of sp³-hybridized carbons (Fsp3) is 0.778. The second-order valence-electron chi connectivity index (χ2n) is 3.25. The van der Waals surface area contributed by atoms with E-state index in [-0.39, 0.29) is 6.04 Å². The lowest BCUT2D eigenvalue weighted by Crippen LogP contribution is -2.23. The van der Waals surface area contributed by atoms with Crippen molar-refractivity contribution in [1.29, 1.82) is 0 Å². The van der Waals surface area contributed by atoms with Gasteiger partial charge in [-0.05, 0) is 18.8 Å². The fourth-order valence-corrected chi connectivity index (χ4v) is 0.937. The highest BCUT2D eigenvalue weighted by Crippen LogP contribution is 2.10. The van der Waals surface area contributed by atoms with Crippen LogP contribution in [0.4, 0.5) is 0 Å². The van der Waals surface area contributed by atoms with Crippen molar-refractivity contribution in [3.8, 4) is 0 Å². The topological polar surface area (TPSA) is 26.0 Å². The molecule has 1 atom stereocenters. The van der Waals surface area contributed by atoms with Crippen molar-refractivity contribution in [2.75, 3.05) is 0 Å². The molecule has 0 aliphatic rings. The minimum absolute atomic E-state index is 0.213. The molecule has 0 spiro atoms. The molecule has 0 saturated heterocycles. The Labute approximate surface area is 64.3 Å². The summed E-state index contributed by atoms with van der Waals surface area (Å²) in [6.07, 6.45) is 2.07. The van der Waals surface area contributed by atoms with Crippen LogP contribution in [-0.4, -0.2) is 6.04 Å². The average molecular weight is 141 g/mol. The maximum absolute atomic E-state index is 5.83. The maximum atomic E-state index is 5.83. The molecule has 2 N–H and O–H groups in total. The van der Waals surface area contributed by atoms with Crippen LogP contribution < -0.4 is 5.73 Å². The lowest BCUT2D eigenvalue weighted by Gasteiger charge is -2.14. The Balaban J connectivity index is 3.61. The molecule has 0 aromatic rings. The Morgan fingerprint density at radius 1 is 1.50 bits per heavy atom. The van der Waals surface area contributed by atoms with Crippen molar-refractivity contribution in [2.45, 2.75) is 39.7 Å². The van der Waals surface area contributed by atoms with E-state index in [1.165, 1.54) is 5.57 Å². The summed E-state index contributed by atoms with van der Waals surface area (Å²) in [5, 5.41) is 0. The lowest BCUT2D eigenvalue weighted by molar-refractivity contribution is 0.527. The summed E-state index contributed by atoms with van der Waals surface area (Å²) >= 11 is 0. The van der Waals surface area contributed by atoms with Crippen molar-refractivity contribution in [3.63, 3.8) is 0 Å². The van der Waals surface area contributed by atoms with Gasteiger partial charge in [0.2, 0.25) is 0 Å². The molecule has 0 saturated carbocycles. The highest BCUT2D eigenvalue weighted by Gasteiger charge is 2.06. The van der Waals surface area contributed by atoms with Crippen LogP contribution in [0.5, 0.6) is 0 Å². The molecule has 0 bridgehead atoms. The van der Waals surface area contributed by atoms with E-state index < -0.39 is 0 Å². The lowest BCUT2D eigenvalue weighted by atomic mass is 9.97. The fourth-order valence-electron chi connectivity index (χ4n) is 0.937. The van der Waals surface area contributed by atoms with Crippen molar-refractivity contribution in [2.24, 2.45) is 11.7 Å². The van der Waals surface area contributed by atoms with Crippen LogP contribution in [0.2, 0.25) is 0 Å². The van der Waals surface area contributed by atoms with E-state index in [1.807, 2.05) is 0 Å². The standard InChI is InChI=1S/C9H19N/c1-5-8(4)9(10)6-7(2)3/h7,9H,4-6,10H2,1-3H3. The Hall–Kier alpha value is -0.300. The third kappa shape index (κ3) is 3.67. The van der Waals surface area contributed by atoms with Gasteiger partial charge in [0.15, 0.2) is 0 Å². The van der Waals surface area contributed by atoms with Gasteiger partial charge in [-0.15, -0.1) is 0 Å². The smallest absolute Gasteiger partial charge is 0.0253 e. The monoisotopic (exact) mass is 141 g/mol. The van der Waals surface area contributed by atoms with Gasteiger partial charge in [-0.25, -0.2) is 0 Å². The van der Waals surface area contributed by atoms with Gasteiger partial charge in [0.05, 0.1) is 0 Å². The van der Waals surface area contributed by atoms with E-state index in [4.69, 9.17) is 5.73 Å². The second kappa shape index (κ2) is 4.51. The number of hydrogen-bond donors (Lipinski definition) is 1. The van der Waals surface area contributed by atoms with Crippen molar-refractivity contribution in [1.82, 2.24) is 0 Å². The molecule has 0 fully saturated rings. The van der Waals surface area contributed by atoms with Crippen LogP contribution in [0.1, 0.15) is 33.6 Å². The molecule has 0 aromatic heterocycles. The molecule has 1 heteroatoms. The Morgan fingerprint density at radius 2 is 2.00 bits per heavy atom. The molecule has 0 aromatic carbocycles. The van der Waals surface area contributed by atoms with Gasteiger partial charge in [-0.3, -0.25) is 0 Å². The van der Waals surface area contributed by atoms with E-state index in [0.717, 1.165) is 12.8 Å². The van der Waals surface area contributed by atoms with Crippen LogP contribution >= 0.6 is 0 Å². The minimum atomic E-state index is 0.213. The largest absolute Gasteiger partial charge is 0.324 e. The summed E-state index contributed by atoms with van der Waals surface area (Å²) in [7, 11) is 0. The number of rotatable bonds is 4. The van der Waals surface area contributed by atoms with Crippen LogP contribution in [0.25, 0.3) is 0 Å². The predicted octanol–water partition coefficient (Wildman–Crippen LogP) is 2.33. The maximum Gasteiger partial charge on any atom is 0.0253 e. The van der Waals surface area contributed by atoms with Gasteiger partial charge in [0.25, 0.3) is 0 Å². The van der Waals surface area contributed by atoms with E-state index in [1.54, 1.807) is 0 Å². The van der Waals surface area contributed by atoms with E-state index >= 15 is 0 Å². The van der Waals surface area contributed by atoms with Gasteiger partial charge in [0.1, 0.15) is 0 Å². The molecule has 0 aliphatic carbocycles. The Morgan fingerprint density at radius 3 is 2.30 bits per heavy atom. The van der Waals surface area contributed by atoms with Crippen LogP contribution in [0.3, 0.4) is 0 Å². The molecule has 0 heterocycles. The van der Waals surface area contributed by atoms with Crippen molar-refractivity contribution >= 4 is 0 Å². The van der Waals surface area contributed by atoms with Gasteiger partial charge in [-0.2, -0.15) is 0 Å². The molecule has 10 heavy (non-hydrogen) atoms. The molecule has 60 valence electrons. The average Bonchev–Trinajstić information content (AvgIpc) is 1.85. The van der Waals surface area contributed by atoms with Gasteiger partial charge in [0, 0.05) is 6.04 Å². The van der Waals surface area contributed by atoms with Gasteiger partial charge >= 0.3 is 0 Å². The van der Waals surface area contributed by atoms with E-state index in [0.29, 0.717) is 5.92 Å². The van der Waals surface area contributed by atoms with Crippen LogP contribution in [-0.2, 0) is 0 Å². The summed E-state index contributed by atoms with van der Waals surface area (Å²) in [6, 6.07) is 0.213. The van der Waals surface area contributed by atoms with Gasteiger partial charge in [-0.1, -0.05) is 32.9 Å². The third-order valence-corrected chi connectivity index (χ3v) is 1.70. The Bertz CT molecular complexity index is 105. The zero-order valence-electron chi connectivity index (χ0n) is 7.35. The first-order valence-corrected chi connectivity index (χ1v) is 4.01. The summed E-state index contributed by atoms with van der Waals surface area (Å²) in [4.78, 5) is 0. The normalized spacial score (nSPS) is 13.7. The molecule has 0 radical (unpaired) electrons. The minimum Gasteiger partial charge on any atom is -0.324 e. The van der Waals surface area contributed by atoms with Crippen LogP contribution in [0, 0.1) is 5.92 Å². The molecular weight excluding hydrogens is 122 g/mol. The molecule has 1 unspecified atom stereocenters. The molecule has 0 rings (SSSR count). The van der Waals surface area contributed by atoms with Crippen LogP contribution in [0.15, 0.2) is 12.2 Å². The first kappa shape index (κ1) is 9.70. The van der Waals surface area contributed by atoms with E-state index in [2.05, 4.69) is 27.4 Å². The zero-order valence-corrected chi connectivity index (χ0v) is 7.35. The van der Waals surface area contributed by atoms with Gasteiger partial charge < -0.3 is 5.73 Å². The summed E-state index contributed by atoms with van der Waals surface area (Å²) in [5.74, 6) is 0.679. The van der Waals surface area contributed by atoms with E-state index in [9.17, 15) is 0 Å². The quantitative estimate of drug-likeness (QED) is 0.597. The first-order valence-electron chi connectivity index (χ1n) is 4.01. The molecular formula is C9H19N. The molecule has 0 amide bonds. The first-order chi connectivity index (χ1) is 4.57. The SMILES string of the molecule is C=C(CC)C(N)CC(C)C. The predicted molar refractivity (Wildman–Crippen MR) is 46.9 cm³/mol.